The number of nitrogens with one attached hydrogen (secondary N) is 1. The Kier molecular flexibility index (Phi) is 4.75. The molecule has 0 aliphatic rings. The molecule has 21 heavy (non-hydrogen) atoms. The second-order valence-electron chi connectivity index (χ2n) is 4.51. The molecular formula is C16H17N3O2. The van der Waals surface area contributed by atoms with Crippen molar-refractivity contribution in [2.24, 2.45) is 7.05 Å². The first-order valence-electron chi connectivity index (χ1n) is 6.67. The van der Waals surface area contributed by atoms with Crippen LogP contribution in [0.15, 0.2) is 30.5 Å². The summed E-state index contributed by atoms with van der Waals surface area (Å²) < 4.78 is 1.68. The Labute approximate surface area is 123 Å². The summed E-state index contributed by atoms with van der Waals surface area (Å²) in [7, 11) is 1.82. The lowest BCUT2D eigenvalue weighted by molar-refractivity contribution is 0.102. The smallest absolute Gasteiger partial charge is 0.255 e. The second-order valence-corrected chi connectivity index (χ2v) is 4.51. The molecule has 0 bridgehead atoms. The lowest BCUT2D eigenvalue weighted by Gasteiger charge is -2.04. The van der Waals surface area contributed by atoms with Crippen LogP contribution in [0.2, 0.25) is 0 Å². The first-order valence-corrected chi connectivity index (χ1v) is 6.67. The van der Waals surface area contributed by atoms with Crippen LogP contribution in [-0.4, -0.2) is 27.4 Å². The molecule has 1 heterocycles. The summed E-state index contributed by atoms with van der Waals surface area (Å²) in [5, 5.41) is 15.8. The number of anilines is 1. The van der Waals surface area contributed by atoms with Crippen molar-refractivity contribution in [3.8, 4) is 11.8 Å². The predicted octanol–water partition coefficient (Wildman–Crippen LogP) is 1.58. The largest absolute Gasteiger partial charge is 0.384 e. The number of aromatic nitrogens is 2. The van der Waals surface area contributed by atoms with Gasteiger partial charge in [-0.15, -0.1) is 0 Å². The molecule has 2 N–H and O–H groups in total. The lowest BCUT2D eigenvalue weighted by atomic mass is 10.1. The normalized spacial score (nSPS) is 9.86. The summed E-state index contributed by atoms with van der Waals surface area (Å²) in [6.45, 7) is 1.82. The van der Waals surface area contributed by atoms with Gasteiger partial charge in [0.1, 0.15) is 6.61 Å². The molecule has 0 unspecified atom stereocenters. The average molecular weight is 283 g/mol. The minimum Gasteiger partial charge on any atom is -0.384 e. The van der Waals surface area contributed by atoms with Crippen molar-refractivity contribution in [2.45, 2.75) is 13.3 Å². The van der Waals surface area contributed by atoms with Crippen LogP contribution in [-0.2, 0) is 13.5 Å². The van der Waals surface area contributed by atoms with Gasteiger partial charge < -0.3 is 10.4 Å². The highest BCUT2D eigenvalue weighted by atomic mass is 16.2. The highest BCUT2D eigenvalue weighted by Crippen LogP contribution is 2.15. The van der Waals surface area contributed by atoms with E-state index in [0.29, 0.717) is 5.56 Å². The molecule has 0 aliphatic heterocycles. The Morgan fingerprint density at radius 2 is 2.10 bits per heavy atom. The highest BCUT2D eigenvalue weighted by Gasteiger charge is 2.11. The van der Waals surface area contributed by atoms with Crippen LogP contribution in [0.1, 0.15) is 28.5 Å². The molecule has 1 aromatic heterocycles. The van der Waals surface area contributed by atoms with Crippen LogP contribution in [0, 0.1) is 11.8 Å². The zero-order valence-electron chi connectivity index (χ0n) is 12.1. The zero-order valence-corrected chi connectivity index (χ0v) is 12.1. The fourth-order valence-corrected chi connectivity index (χ4v) is 1.94. The number of hydrogen-bond acceptors (Lipinski definition) is 3. The third-order valence-electron chi connectivity index (χ3n) is 2.95. The first kappa shape index (κ1) is 14.8. The van der Waals surface area contributed by atoms with Crippen molar-refractivity contribution in [3.63, 3.8) is 0 Å². The number of carbonyl (C=O) groups is 1. The number of aliphatic hydroxyl groups is 1. The zero-order chi connectivity index (χ0) is 15.2. The van der Waals surface area contributed by atoms with Crippen LogP contribution in [0.25, 0.3) is 0 Å². The van der Waals surface area contributed by atoms with E-state index in [0.717, 1.165) is 23.4 Å². The van der Waals surface area contributed by atoms with Crippen LogP contribution < -0.4 is 5.32 Å². The summed E-state index contributed by atoms with van der Waals surface area (Å²) in [6.07, 6.45) is 2.55. The SMILES string of the molecule is CCc1nn(C)cc1NC(=O)c1ccc(C#CCO)cc1. The standard InChI is InChI=1S/C16H17N3O2/c1-3-14-15(11-19(2)18-14)17-16(21)13-8-6-12(7-9-13)5-4-10-20/h6-9,11,20H,3,10H2,1-2H3,(H,17,21). The van der Waals surface area contributed by atoms with Gasteiger partial charge in [-0.3, -0.25) is 9.48 Å². The second kappa shape index (κ2) is 6.73. The lowest BCUT2D eigenvalue weighted by Crippen LogP contribution is -2.12. The summed E-state index contributed by atoms with van der Waals surface area (Å²) in [4.78, 5) is 12.2. The molecule has 2 rings (SSSR count). The minimum atomic E-state index is -0.181. The number of benzene rings is 1. The fourth-order valence-electron chi connectivity index (χ4n) is 1.94. The van der Waals surface area contributed by atoms with Gasteiger partial charge in [0.25, 0.3) is 5.91 Å². The summed E-state index contributed by atoms with van der Waals surface area (Å²) >= 11 is 0. The quantitative estimate of drug-likeness (QED) is 0.840. The maximum absolute atomic E-state index is 12.2. The van der Waals surface area contributed by atoms with Crippen molar-refractivity contribution < 1.29 is 9.90 Å². The van der Waals surface area contributed by atoms with E-state index in [-0.39, 0.29) is 12.5 Å². The van der Waals surface area contributed by atoms with Crippen LogP contribution in [0.3, 0.4) is 0 Å². The van der Waals surface area contributed by atoms with E-state index in [4.69, 9.17) is 5.11 Å². The van der Waals surface area contributed by atoms with Gasteiger partial charge in [-0.1, -0.05) is 18.8 Å². The molecular weight excluding hydrogens is 266 g/mol. The number of rotatable bonds is 3. The van der Waals surface area contributed by atoms with E-state index in [1.54, 1.807) is 35.1 Å². The minimum absolute atomic E-state index is 0.178. The molecule has 0 aliphatic carbocycles. The summed E-state index contributed by atoms with van der Waals surface area (Å²) in [5.74, 6) is 5.17. The van der Waals surface area contributed by atoms with Gasteiger partial charge in [0.15, 0.2) is 0 Å². The van der Waals surface area contributed by atoms with Crippen LogP contribution in [0.5, 0.6) is 0 Å². The van der Waals surface area contributed by atoms with Gasteiger partial charge in [-0.2, -0.15) is 5.10 Å². The summed E-state index contributed by atoms with van der Waals surface area (Å²) in [5.41, 5.74) is 2.90. The Hall–Kier alpha value is -2.58. The van der Waals surface area contributed by atoms with Gasteiger partial charge in [0, 0.05) is 24.4 Å². The maximum atomic E-state index is 12.2. The van der Waals surface area contributed by atoms with Crippen LogP contribution in [0.4, 0.5) is 5.69 Å². The molecule has 0 fully saturated rings. The van der Waals surface area contributed by atoms with Crippen molar-refractivity contribution >= 4 is 11.6 Å². The van der Waals surface area contributed by atoms with Crippen molar-refractivity contribution in [1.29, 1.82) is 0 Å². The molecule has 0 atom stereocenters. The molecule has 108 valence electrons. The van der Waals surface area contributed by atoms with E-state index < -0.39 is 0 Å². The van der Waals surface area contributed by atoms with E-state index >= 15 is 0 Å². The maximum Gasteiger partial charge on any atom is 0.255 e. The van der Waals surface area contributed by atoms with E-state index in [1.165, 1.54) is 0 Å². The van der Waals surface area contributed by atoms with Gasteiger partial charge in [-0.25, -0.2) is 0 Å². The average Bonchev–Trinajstić information content (AvgIpc) is 2.85. The monoisotopic (exact) mass is 283 g/mol. The van der Waals surface area contributed by atoms with E-state index in [9.17, 15) is 4.79 Å². The molecule has 0 radical (unpaired) electrons. The van der Waals surface area contributed by atoms with Gasteiger partial charge in [0.05, 0.1) is 11.4 Å². The third kappa shape index (κ3) is 3.71. The van der Waals surface area contributed by atoms with Gasteiger partial charge in [0.2, 0.25) is 0 Å². The predicted molar refractivity (Wildman–Crippen MR) is 80.9 cm³/mol. The fraction of sp³-hybridized carbons (Fsp3) is 0.250. The molecule has 0 spiro atoms. The molecule has 0 saturated carbocycles. The first-order chi connectivity index (χ1) is 10.1. The van der Waals surface area contributed by atoms with Crippen LogP contribution >= 0.6 is 0 Å². The number of hydrogen-bond donors (Lipinski definition) is 2. The third-order valence-corrected chi connectivity index (χ3v) is 2.95. The Morgan fingerprint density at radius 3 is 2.71 bits per heavy atom. The number of carbonyl (C=O) groups excluding carboxylic acids is 1. The number of amides is 1. The number of nitrogens with zero attached hydrogens (tertiary/aromatic N) is 2. The topological polar surface area (TPSA) is 67.2 Å². The molecule has 5 heteroatoms. The van der Waals surface area contributed by atoms with Crippen molar-refractivity contribution in [2.75, 3.05) is 11.9 Å². The summed E-state index contributed by atoms with van der Waals surface area (Å²) in [6, 6.07) is 6.92. The molecule has 1 aromatic carbocycles. The number of aryl methyl sites for hydroxylation is 2. The van der Waals surface area contributed by atoms with Crippen molar-refractivity contribution in [1.82, 2.24) is 9.78 Å². The highest BCUT2D eigenvalue weighted by molar-refractivity contribution is 6.04. The van der Waals surface area contributed by atoms with Gasteiger partial charge in [-0.05, 0) is 30.7 Å². The van der Waals surface area contributed by atoms with Gasteiger partial charge >= 0.3 is 0 Å². The molecule has 1 amide bonds. The van der Waals surface area contributed by atoms with E-state index in [2.05, 4.69) is 22.3 Å². The Bertz CT molecular complexity index is 691. The molecule has 2 aromatic rings. The molecule has 5 nitrogen and oxygen atoms in total. The van der Waals surface area contributed by atoms with Crippen molar-refractivity contribution in [3.05, 3.63) is 47.3 Å². The Balaban J connectivity index is 2.13. The Morgan fingerprint density at radius 1 is 1.38 bits per heavy atom. The number of aliphatic hydroxyl groups excluding tert-OH is 1. The van der Waals surface area contributed by atoms with E-state index in [1.807, 2.05) is 14.0 Å². The molecule has 0 saturated heterocycles.